The van der Waals surface area contributed by atoms with Crippen LogP contribution in [0.4, 0.5) is 13.2 Å². The van der Waals surface area contributed by atoms with Crippen molar-refractivity contribution >= 4 is 21.4 Å². The van der Waals surface area contributed by atoms with Crippen molar-refractivity contribution in [1.82, 2.24) is 0 Å². The number of thiophene rings is 1. The van der Waals surface area contributed by atoms with Crippen molar-refractivity contribution in [2.24, 2.45) is 0 Å². The van der Waals surface area contributed by atoms with E-state index in [1.165, 1.54) is 6.07 Å². The van der Waals surface area contributed by atoms with E-state index in [1.807, 2.05) is 0 Å². The van der Waals surface area contributed by atoms with Gasteiger partial charge in [0, 0.05) is 0 Å². The van der Waals surface area contributed by atoms with Gasteiger partial charge in [-0.1, -0.05) is 12.1 Å². The minimum atomic E-state index is -2.52. The zero-order valence-corrected chi connectivity index (χ0v) is 8.17. The van der Waals surface area contributed by atoms with Crippen molar-refractivity contribution < 1.29 is 13.2 Å². The third kappa shape index (κ3) is 1.39. The summed E-state index contributed by atoms with van der Waals surface area (Å²) in [6.45, 7) is 1.62. The van der Waals surface area contributed by atoms with Gasteiger partial charge < -0.3 is 0 Å². The molecule has 0 bridgehead atoms. The Morgan fingerprint density at radius 2 is 2.00 bits per heavy atom. The van der Waals surface area contributed by atoms with Gasteiger partial charge in [0.25, 0.3) is 6.43 Å². The Kier molecular flexibility index (Phi) is 2.23. The highest BCUT2D eigenvalue weighted by Crippen LogP contribution is 2.34. The van der Waals surface area contributed by atoms with Crippen molar-refractivity contribution in [3.8, 4) is 0 Å². The summed E-state index contributed by atoms with van der Waals surface area (Å²) >= 11 is 0.821. The number of rotatable bonds is 1. The molecular weight excluding hydrogens is 209 g/mol. The van der Waals surface area contributed by atoms with Crippen molar-refractivity contribution in [1.29, 1.82) is 0 Å². The first-order valence-corrected chi connectivity index (χ1v) is 4.88. The number of hydrogen-bond acceptors (Lipinski definition) is 1. The number of hydrogen-bond donors (Lipinski definition) is 0. The molecule has 0 fully saturated rings. The van der Waals surface area contributed by atoms with Gasteiger partial charge in [0.05, 0.1) is 9.58 Å². The van der Waals surface area contributed by atoms with Crippen LogP contribution < -0.4 is 0 Å². The standard InChI is InChI=1S/C10H7F3S/c1-5-2-3-6-4-7(10(12)13)14-9(6)8(5)11/h2-4,10H,1H3. The fraction of sp³-hybridized carbons (Fsp3) is 0.200. The number of benzene rings is 1. The molecule has 0 nitrogen and oxygen atoms in total. The average molecular weight is 216 g/mol. The maximum atomic E-state index is 13.4. The lowest BCUT2D eigenvalue weighted by Crippen LogP contribution is -1.79. The largest absolute Gasteiger partial charge is 0.272 e. The van der Waals surface area contributed by atoms with E-state index in [9.17, 15) is 13.2 Å². The topological polar surface area (TPSA) is 0 Å². The Morgan fingerprint density at radius 1 is 1.29 bits per heavy atom. The molecule has 0 unspecified atom stereocenters. The summed E-state index contributed by atoms with van der Waals surface area (Å²) < 4.78 is 38.4. The van der Waals surface area contributed by atoms with Crippen LogP contribution in [0.5, 0.6) is 0 Å². The average Bonchev–Trinajstić information content (AvgIpc) is 2.56. The Morgan fingerprint density at radius 3 is 2.64 bits per heavy atom. The van der Waals surface area contributed by atoms with E-state index in [0.29, 0.717) is 15.6 Å². The number of aryl methyl sites for hydroxylation is 1. The molecule has 0 saturated heterocycles. The summed E-state index contributed by atoms with van der Waals surface area (Å²) in [5, 5.41) is 0.549. The monoisotopic (exact) mass is 216 g/mol. The second-order valence-electron chi connectivity index (χ2n) is 3.06. The second kappa shape index (κ2) is 3.28. The van der Waals surface area contributed by atoms with E-state index < -0.39 is 6.43 Å². The zero-order valence-electron chi connectivity index (χ0n) is 7.35. The van der Waals surface area contributed by atoms with Gasteiger partial charge in [-0.25, -0.2) is 13.2 Å². The molecule has 74 valence electrons. The van der Waals surface area contributed by atoms with Crippen LogP contribution >= 0.6 is 11.3 Å². The lowest BCUT2D eigenvalue weighted by atomic mass is 10.2. The van der Waals surface area contributed by atoms with Crippen LogP contribution in [0.15, 0.2) is 18.2 Å². The Hall–Kier alpha value is -1.03. The summed E-state index contributed by atoms with van der Waals surface area (Å²) in [4.78, 5) is -0.0792. The minimum Gasteiger partial charge on any atom is -0.205 e. The molecule has 0 atom stereocenters. The second-order valence-corrected chi connectivity index (χ2v) is 4.15. The van der Waals surface area contributed by atoms with Gasteiger partial charge in [-0.3, -0.25) is 0 Å². The summed E-state index contributed by atoms with van der Waals surface area (Å²) in [7, 11) is 0. The third-order valence-electron chi connectivity index (χ3n) is 2.05. The molecule has 1 aromatic carbocycles. The highest BCUT2D eigenvalue weighted by molar-refractivity contribution is 7.19. The Bertz CT molecular complexity index is 473. The van der Waals surface area contributed by atoms with Crippen molar-refractivity contribution in [3.63, 3.8) is 0 Å². The van der Waals surface area contributed by atoms with Gasteiger partial charge in [-0.15, -0.1) is 11.3 Å². The van der Waals surface area contributed by atoms with E-state index >= 15 is 0 Å². The van der Waals surface area contributed by atoms with E-state index in [0.717, 1.165) is 11.3 Å². The molecule has 0 saturated carbocycles. The van der Waals surface area contributed by atoms with Crippen LogP contribution in [0.1, 0.15) is 16.9 Å². The molecule has 4 heteroatoms. The highest BCUT2D eigenvalue weighted by atomic mass is 32.1. The SMILES string of the molecule is Cc1ccc2cc(C(F)F)sc2c1F. The predicted molar refractivity (Wildman–Crippen MR) is 51.5 cm³/mol. The van der Waals surface area contributed by atoms with Crippen LogP contribution in [0.3, 0.4) is 0 Å². The van der Waals surface area contributed by atoms with Crippen LogP contribution in [-0.2, 0) is 0 Å². The molecule has 2 rings (SSSR count). The van der Waals surface area contributed by atoms with Gasteiger partial charge >= 0.3 is 0 Å². The van der Waals surface area contributed by atoms with Gasteiger partial charge in [0.15, 0.2) is 0 Å². The van der Waals surface area contributed by atoms with E-state index in [1.54, 1.807) is 19.1 Å². The minimum absolute atomic E-state index is 0.0792. The molecule has 0 spiro atoms. The van der Waals surface area contributed by atoms with Gasteiger partial charge in [0.2, 0.25) is 0 Å². The van der Waals surface area contributed by atoms with Gasteiger partial charge in [0.1, 0.15) is 5.82 Å². The van der Waals surface area contributed by atoms with Crippen LogP contribution in [0.25, 0.3) is 10.1 Å². The quantitative estimate of drug-likeness (QED) is 0.667. The first-order valence-electron chi connectivity index (χ1n) is 4.06. The summed E-state index contributed by atoms with van der Waals surface area (Å²) in [5.41, 5.74) is 0.486. The number of fused-ring (bicyclic) bond motifs is 1. The van der Waals surface area contributed by atoms with E-state index in [4.69, 9.17) is 0 Å². The van der Waals surface area contributed by atoms with Crippen LogP contribution in [0, 0.1) is 12.7 Å². The third-order valence-corrected chi connectivity index (χ3v) is 3.20. The molecule has 0 aliphatic rings. The summed E-state index contributed by atoms with van der Waals surface area (Å²) in [5.74, 6) is -0.389. The van der Waals surface area contributed by atoms with Gasteiger partial charge in [-0.2, -0.15) is 0 Å². The van der Waals surface area contributed by atoms with Gasteiger partial charge in [-0.05, 0) is 23.9 Å². The molecule has 0 radical (unpaired) electrons. The molecule has 0 amide bonds. The summed E-state index contributed by atoms with van der Waals surface area (Å²) in [6.07, 6.45) is -2.52. The molecule has 0 aliphatic carbocycles. The fourth-order valence-corrected chi connectivity index (χ4v) is 2.30. The molecule has 0 N–H and O–H groups in total. The predicted octanol–water partition coefficient (Wildman–Crippen LogP) is 4.29. The Balaban J connectivity index is 2.71. The van der Waals surface area contributed by atoms with Crippen molar-refractivity contribution in [2.75, 3.05) is 0 Å². The maximum Gasteiger partial charge on any atom is 0.272 e. The molecule has 1 aromatic heterocycles. The number of alkyl halides is 2. The fourth-order valence-electron chi connectivity index (χ4n) is 1.29. The molecule has 14 heavy (non-hydrogen) atoms. The van der Waals surface area contributed by atoms with Crippen LogP contribution in [0.2, 0.25) is 0 Å². The zero-order chi connectivity index (χ0) is 10.3. The molecule has 2 aromatic rings. The maximum absolute atomic E-state index is 13.4. The van der Waals surface area contributed by atoms with Crippen LogP contribution in [-0.4, -0.2) is 0 Å². The van der Waals surface area contributed by atoms with E-state index in [2.05, 4.69) is 0 Å². The van der Waals surface area contributed by atoms with E-state index in [-0.39, 0.29) is 10.7 Å². The number of halogens is 3. The smallest absolute Gasteiger partial charge is 0.205 e. The first-order chi connectivity index (χ1) is 6.59. The molecular formula is C10H7F3S. The lowest BCUT2D eigenvalue weighted by molar-refractivity contribution is 0.156. The van der Waals surface area contributed by atoms with Crippen molar-refractivity contribution in [2.45, 2.75) is 13.3 Å². The first kappa shape index (κ1) is 9.52. The summed E-state index contributed by atoms with van der Waals surface area (Å²) in [6, 6.07) is 4.60. The molecule has 0 aliphatic heterocycles. The Labute approximate surface area is 83.0 Å². The van der Waals surface area contributed by atoms with Crippen molar-refractivity contribution in [3.05, 3.63) is 34.5 Å². The molecule has 1 heterocycles. The highest BCUT2D eigenvalue weighted by Gasteiger charge is 2.14. The normalized spacial score (nSPS) is 11.5. The lowest BCUT2D eigenvalue weighted by Gasteiger charge is -1.95.